The van der Waals surface area contributed by atoms with Crippen LogP contribution in [0.4, 0.5) is 0 Å². The molecule has 124 valence electrons. The average Bonchev–Trinajstić information content (AvgIpc) is 2.59. The molecule has 23 heavy (non-hydrogen) atoms. The van der Waals surface area contributed by atoms with Crippen molar-refractivity contribution in [2.45, 2.75) is 57.2 Å². The van der Waals surface area contributed by atoms with E-state index in [0.717, 1.165) is 25.7 Å². The second-order valence-electron chi connectivity index (χ2n) is 6.30. The Morgan fingerprint density at radius 2 is 1.17 bits per heavy atom. The molecule has 0 amide bonds. The summed E-state index contributed by atoms with van der Waals surface area (Å²) >= 11 is 0. The van der Waals surface area contributed by atoms with Crippen LogP contribution in [0, 0.1) is 0 Å². The molecule has 0 aromatic heterocycles. The van der Waals surface area contributed by atoms with Crippen LogP contribution in [0.3, 0.4) is 0 Å². The van der Waals surface area contributed by atoms with Crippen molar-refractivity contribution in [1.82, 2.24) is 0 Å². The molecule has 2 aromatic rings. The second kappa shape index (κ2) is 9.49. The Morgan fingerprint density at radius 1 is 0.696 bits per heavy atom. The minimum atomic E-state index is -1.22. The zero-order chi connectivity index (χ0) is 16.5. The molecule has 2 rings (SSSR count). The summed E-state index contributed by atoms with van der Waals surface area (Å²) in [7, 11) is 0. The molecule has 2 heteroatoms. The highest BCUT2D eigenvalue weighted by Gasteiger charge is 2.20. The lowest BCUT2D eigenvalue weighted by Gasteiger charge is -2.25. The number of aliphatic hydroxyl groups excluding tert-OH is 1. The predicted octanol–water partition coefficient (Wildman–Crippen LogP) is 4.84. The van der Waals surface area contributed by atoms with Crippen LogP contribution in [0.25, 0.3) is 0 Å². The largest absolute Gasteiger partial charge is 0.368 e. The standard InChI is InChI=1S/C21H28O2/c1-2-9-19(17-10-5-3-6-11-17)16-20(14-15-21(22)23)18-12-7-4-8-13-18/h3-8,10-13,19-23H,2,9,14-16H2,1H3. The Labute approximate surface area is 139 Å². The lowest BCUT2D eigenvalue weighted by Crippen LogP contribution is -2.11. The molecule has 0 spiro atoms. The quantitative estimate of drug-likeness (QED) is 0.651. The Balaban J connectivity index is 2.16. The van der Waals surface area contributed by atoms with Crippen molar-refractivity contribution >= 4 is 0 Å². The highest BCUT2D eigenvalue weighted by molar-refractivity contribution is 5.23. The maximum Gasteiger partial charge on any atom is 0.151 e. The van der Waals surface area contributed by atoms with Crippen molar-refractivity contribution < 1.29 is 10.2 Å². The first-order chi connectivity index (χ1) is 11.2. The second-order valence-corrected chi connectivity index (χ2v) is 6.30. The maximum absolute atomic E-state index is 9.26. The maximum atomic E-state index is 9.26. The lowest BCUT2D eigenvalue weighted by molar-refractivity contribution is -0.0476. The molecule has 0 aliphatic heterocycles. The number of hydrogen-bond donors (Lipinski definition) is 2. The van der Waals surface area contributed by atoms with Gasteiger partial charge in [0.2, 0.25) is 0 Å². The van der Waals surface area contributed by atoms with E-state index < -0.39 is 6.29 Å². The molecule has 0 aliphatic carbocycles. The monoisotopic (exact) mass is 312 g/mol. The lowest BCUT2D eigenvalue weighted by atomic mass is 9.81. The molecule has 2 nitrogen and oxygen atoms in total. The summed E-state index contributed by atoms with van der Waals surface area (Å²) in [5, 5.41) is 18.5. The van der Waals surface area contributed by atoms with Gasteiger partial charge in [0.1, 0.15) is 0 Å². The van der Waals surface area contributed by atoms with Crippen LogP contribution in [0.1, 0.15) is 62.0 Å². The van der Waals surface area contributed by atoms with Gasteiger partial charge in [-0.05, 0) is 48.6 Å². The van der Waals surface area contributed by atoms with E-state index in [2.05, 4.69) is 61.5 Å². The van der Waals surface area contributed by atoms with Crippen LogP contribution in [-0.4, -0.2) is 16.5 Å². The van der Waals surface area contributed by atoms with E-state index in [9.17, 15) is 10.2 Å². The van der Waals surface area contributed by atoms with Crippen LogP contribution in [0.5, 0.6) is 0 Å². The van der Waals surface area contributed by atoms with Crippen LogP contribution in [0.2, 0.25) is 0 Å². The topological polar surface area (TPSA) is 40.5 Å². The van der Waals surface area contributed by atoms with Gasteiger partial charge in [-0.1, -0.05) is 74.0 Å². The van der Waals surface area contributed by atoms with E-state index in [0.29, 0.717) is 18.3 Å². The van der Waals surface area contributed by atoms with Crippen molar-refractivity contribution in [1.29, 1.82) is 0 Å². The summed E-state index contributed by atoms with van der Waals surface area (Å²) in [6, 6.07) is 21.2. The first-order valence-corrected chi connectivity index (χ1v) is 8.66. The van der Waals surface area contributed by atoms with Gasteiger partial charge >= 0.3 is 0 Å². The Kier molecular flexibility index (Phi) is 7.31. The van der Waals surface area contributed by atoms with E-state index in [1.807, 2.05) is 6.07 Å². The van der Waals surface area contributed by atoms with Gasteiger partial charge in [-0.15, -0.1) is 0 Å². The van der Waals surface area contributed by atoms with Crippen LogP contribution in [-0.2, 0) is 0 Å². The first-order valence-electron chi connectivity index (χ1n) is 8.66. The van der Waals surface area contributed by atoms with Gasteiger partial charge in [-0.25, -0.2) is 0 Å². The number of aliphatic hydroxyl groups is 2. The fourth-order valence-electron chi connectivity index (χ4n) is 3.33. The van der Waals surface area contributed by atoms with Gasteiger partial charge in [0.05, 0.1) is 0 Å². The fraction of sp³-hybridized carbons (Fsp3) is 0.429. The molecule has 0 radical (unpaired) electrons. The van der Waals surface area contributed by atoms with Gasteiger partial charge < -0.3 is 10.2 Å². The molecule has 2 atom stereocenters. The summed E-state index contributed by atoms with van der Waals surface area (Å²) in [6.45, 7) is 2.23. The molecule has 0 fully saturated rings. The molecule has 0 saturated heterocycles. The normalized spacial score (nSPS) is 13.9. The molecular weight excluding hydrogens is 284 g/mol. The molecular formula is C21H28O2. The predicted molar refractivity (Wildman–Crippen MR) is 95.4 cm³/mol. The third-order valence-electron chi connectivity index (χ3n) is 4.52. The van der Waals surface area contributed by atoms with Gasteiger partial charge in [0, 0.05) is 0 Å². The zero-order valence-corrected chi connectivity index (χ0v) is 13.9. The number of rotatable bonds is 9. The van der Waals surface area contributed by atoms with E-state index >= 15 is 0 Å². The summed E-state index contributed by atoms with van der Waals surface area (Å²) < 4.78 is 0. The first kappa shape index (κ1) is 17.7. The number of hydrogen-bond acceptors (Lipinski definition) is 2. The zero-order valence-electron chi connectivity index (χ0n) is 13.9. The summed E-state index contributed by atoms with van der Waals surface area (Å²) in [4.78, 5) is 0. The third-order valence-corrected chi connectivity index (χ3v) is 4.52. The van der Waals surface area contributed by atoms with Gasteiger partial charge in [-0.2, -0.15) is 0 Å². The fourth-order valence-corrected chi connectivity index (χ4v) is 3.33. The highest BCUT2D eigenvalue weighted by Crippen LogP contribution is 2.35. The van der Waals surface area contributed by atoms with Gasteiger partial charge in [0.15, 0.2) is 6.29 Å². The van der Waals surface area contributed by atoms with Crippen molar-refractivity contribution in [2.75, 3.05) is 0 Å². The van der Waals surface area contributed by atoms with E-state index in [1.54, 1.807) is 0 Å². The SMILES string of the molecule is CCCC(CC(CCC(O)O)c1ccccc1)c1ccccc1. The van der Waals surface area contributed by atoms with Gasteiger partial charge in [-0.3, -0.25) is 0 Å². The van der Waals surface area contributed by atoms with Crippen molar-refractivity contribution in [3.8, 4) is 0 Å². The van der Waals surface area contributed by atoms with Crippen molar-refractivity contribution in [3.63, 3.8) is 0 Å². The summed E-state index contributed by atoms with van der Waals surface area (Å²) in [6.07, 6.45) is 3.37. The molecule has 2 N–H and O–H groups in total. The molecule has 0 bridgehead atoms. The average molecular weight is 312 g/mol. The number of benzene rings is 2. The van der Waals surface area contributed by atoms with Crippen molar-refractivity contribution in [3.05, 3.63) is 71.8 Å². The van der Waals surface area contributed by atoms with E-state index in [4.69, 9.17) is 0 Å². The third kappa shape index (κ3) is 5.81. The molecule has 2 aromatic carbocycles. The Hall–Kier alpha value is -1.64. The van der Waals surface area contributed by atoms with E-state index in [1.165, 1.54) is 11.1 Å². The molecule has 0 heterocycles. The molecule has 2 unspecified atom stereocenters. The smallest absolute Gasteiger partial charge is 0.151 e. The van der Waals surface area contributed by atoms with E-state index in [-0.39, 0.29) is 0 Å². The summed E-state index contributed by atoms with van der Waals surface area (Å²) in [5.41, 5.74) is 2.69. The van der Waals surface area contributed by atoms with Crippen LogP contribution >= 0.6 is 0 Å². The van der Waals surface area contributed by atoms with Crippen LogP contribution < -0.4 is 0 Å². The molecule has 0 saturated carbocycles. The van der Waals surface area contributed by atoms with Crippen LogP contribution in [0.15, 0.2) is 60.7 Å². The van der Waals surface area contributed by atoms with Gasteiger partial charge in [0.25, 0.3) is 0 Å². The molecule has 0 aliphatic rings. The minimum Gasteiger partial charge on any atom is -0.368 e. The summed E-state index contributed by atoms with van der Waals surface area (Å²) in [5.74, 6) is 0.872. The Morgan fingerprint density at radius 3 is 1.61 bits per heavy atom. The highest BCUT2D eigenvalue weighted by atomic mass is 16.5. The van der Waals surface area contributed by atoms with Crippen molar-refractivity contribution in [2.24, 2.45) is 0 Å². The minimum absolute atomic E-state index is 0.356. The Bertz CT molecular complexity index is 536.